The summed E-state index contributed by atoms with van der Waals surface area (Å²) < 4.78 is 6.83. The first-order chi connectivity index (χ1) is 16.3. The number of amides is 2. The van der Waals surface area contributed by atoms with E-state index in [1.807, 2.05) is 36.4 Å². The van der Waals surface area contributed by atoms with Crippen LogP contribution in [0.25, 0.3) is 11.1 Å². The van der Waals surface area contributed by atoms with Crippen LogP contribution in [0.5, 0.6) is 0 Å². The Hall–Kier alpha value is -4.18. The van der Waals surface area contributed by atoms with E-state index in [-0.39, 0.29) is 37.0 Å². The summed E-state index contributed by atoms with van der Waals surface area (Å²) in [7, 11) is 1.56. The van der Waals surface area contributed by atoms with E-state index < -0.39 is 24.1 Å². The first-order valence-corrected chi connectivity index (χ1v) is 10.7. The zero-order chi connectivity index (χ0) is 24.2. The van der Waals surface area contributed by atoms with Crippen LogP contribution in [0.15, 0.2) is 54.6 Å². The van der Waals surface area contributed by atoms with Gasteiger partial charge in [0.25, 0.3) is 5.91 Å². The van der Waals surface area contributed by atoms with Crippen LogP contribution in [-0.2, 0) is 16.6 Å². The minimum Gasteiger partial charge on any atom is -0.479 e. The number of hydrogen-bond donors (Lipinski definition) is 4. The molecule has 0 saturated heterocycles. The Morgan fingerprint density at radius 1 is 1.09 bits per heavy atom. The summed E-state index contributed by atoms with van der Waals surface area (Å²) in [5.41, 5.74) is 4.49. The van der Waals surface area contributed by atoms with Gasteiger partial charge in [0.15, 0.2) is 11.8 Å². The Bertz CT molecular complexity index is 1190. The number of rotatable bonds is 8. The maximum absolute atomic E-state index is 12.5. The molecule has 0 saturated carbocycles. The smallest absolute Gasteiger partial charge is 0.412 e. The number of benzene rings is 2. The number of anilines is 1. The van der Waals surface area contributed by atoms with Crippen LogP contribution in [0, 0.1) is 0 Å². The highest BCUT2D eigenvalue weighted by molar-refractivity contribution is 5.94. The number of fused-ring (bicyclic) bond motifs is 3. The number of nitrogens with one attached hydrogen (secondary N) is 2. The van der Waals surface area contributed by atoms with Gasteiger partial charge in [-0.1, -0.05) is 48.5 Å². The number of aliphatic hydroxyl groups is 1. The second-order valence-corrected chi connectivity index (χ2v) is 7.89. The van der Waals surface area contributed by atoms with Crippen molar-refractivity contribution in [1.29, 1.82) is 0 Å². The fraction of sp³-hybridized carbons (Fsp3) is 0.250. The molecule has 1 atom stereocenters. The predicted octanol–water partition coefficient (Wildman–Crippen LogP) is 2.35. The van der Waals surface area contributed by atoms with Crippen molar-refractivity contribution < 1.29 is 29.3 Å². The molecule has 0 aliphatic heterocycles. The van der Waals surface area contributed by atoms with Crippen molar-refractivity contribution in [2.75, 3.05) is 18.5 Å². The molecule has 10 nitrogen and oxygen atoms in total. The molecule has 0 bridgehead atoms. The summed E-state index contributed by atoms with van der Waals surface area (Å²) >= 11 is 0. The van der Waals surface area contributed by atoms with Crippen molar-refractivity contribution in [2.24, 2.45) is 7.05 Å². The number of hydrogen-bond acceptors (Lipinski definition) is 6. The molecule has 1 aliphatic carbocycles. The Morgan fingerprint density at radius 3 is 2.32 bits per heavy atom. The van der Waals surface area contributed by atoms with Gasteiger partial charge in [0.1, 0.15) is 12.4 Å². The summed E-state index contributed by atoms with van der Waals surface area (Å²) in [5.74, 6) is -1.74. The van der Waals surface area contributed by atoms with Gasteiger partial charge in [-0.15, -0.1) is 0 Å². The Kier molecular flexibility index (Phi) is 6.60. The first kappa shape index (κ1) is 23.0. The zero-order valence-corrected chi connectivity index (χ0v) is 18.4. The second kappa shape index (κ2) is 9.75. The minimum atomic E-state index is -1.56. The molecule has 1 heterocycles. The molecule has 1 aromatic heterocycles. The lowest BCUT2D eigenvalue weighted by atomic mass is 9.98. The molecule has 176 valence electrons. The van der Waals surface area contributed by atoms with Gasteiger partial charge in [-0.25, -0.2) is 9.59 Å². The third-order valence-corrected chi connectivity index (χ3v) is 5.67. The maximum atomic E-state index is 12.5. The van der Waals surface area contributed by atoms with Crippen molar-refractivity contribution in [3.05, 3.63) is 71.4 Å². The van der Waals surface area contributed by atoms with Crippen LogP contribution in [-0.4, -0.2) is 57.2 Å². The van der Waals surface area contributed by atoms with Gasteiger partial charge in [0.2, 0.25) is 0 Å². The lowest BCUT2D eigenvalue weighted by Gasteiger charge is -2.14. The molecule has 4 N–H and O–H groups in total. The van der Waals surface area contributed by atoms with Gasteiger partial charge in [-0.3, -0.25) is 14.8 Å². The highest BCUT2D eigenvalue weighted by Crippen LogP contribution is 2.44. The van der Waals surface area contributed by atoms with Gasteiger partial charge in [-0.2, -0.15) is 5.10 Å². The molecular weight excluding hydrogens is 440 g/mol. The van der Waals surface area contributed by atoms with Crippen LogP contribution < -0.4 is 10.6 Å². The second-order valence-electron chi connectivity index (χ2n) is 7.89. The molecule has 0 fully saturated rings. The van der Waals surface area contributed by atoms with E-state index in [1.54, 1.807) is 7.05 Å². The average molecular weight is 464 g/mol. The Labute approximate surface area is 195 Å². The number of carbonyl (C=O) groups is 3. The van der Waals surface area contributed by atoms with Crippen molar-refractivity contribution in [3.63, 3.8) is 0 Å². The van der Waals surface area contributed by atoms with E-state index in [1.165, 1.54) is 10.7 Å². The van der Waals surface area contributed by atoms with E-state index in [4.69, 9.17) is 9.84 Å². The molecule has 1 aliphatic rings. The van der Waals surface area contributed by atoms with Crippen LogP contribution >= 0.6 is 0 Å². The summed E-state index contributed by atoms with van der Waals surface area (Å²) in [6, 6.07) is 17.4. The lowest BCUT2D eigenvalue weighted by molar-refractivity contribution is -0.146. The monoisotopic (exact) mass is 464 g/mol. The fourth-order valence-corrected chi connectivity index (χ4v) is 3.97. The van der Waals surface area contributed by atoms with E-state index in [2.05, 4.69) is 27.9 Å². The number of aliphatic hydroxyl groups excluding tert-OH is 1. The highest BCUT2D eigenvalue weighted by atomic mass is 16.5. The summed E-state index contributed by atoms with van der Waals surface area (Å²) in [5, 5.41) is 27.0. The SMILES string of the molecule is Cn1nc(C(=O)NCC[C@H](O)C(=O)O)cc1NC(=O)OCC1c2ccccc2-c2ccccc21. The quantitative estimate of drug-likeness (QED) is 0.401. The average Bonchev–Trinajstić information content (AvgIpc) is 3.35. The molecule has 34 heavy (non-hydrogen) atoms. The number of aliphatic carboxylic acids is 1. The van der Waals surface area contributed by atoms with Crippen molar-refractivity contribution in [3.8, 4) is 11.1 Å². The van der Waals surface area contributed by atoms with Crippen LogP contribution in [0.3, 0.4) is 0 Å². The normalized spacial score (nSPS) is 13.0. The predicted molar refractivity (Wildman–Crippen MR) is 122 cm³/mol. The third-order valence-electron chi connectivity index (χ3n) is 5.67. The van der Waals surface area contributed by atoms with Crippen LogP contribution in [0.2, 0.25) is 0 Å². The number of ether oxygens (including phenoxy) is 1. The topological polar surface area (TPSA) is 143 Å². The molecule has 0 unspecified atom stereocenters. The van der Waals surface area contributed by atoms with E-state index in [0.29, 0.717) is 0 Å². The number of carboxylic acids is 1. The van der Waals surface area contributed by atoms with Gasteiger partial charge in [-0.05, 0) is 22.3 Å². The standard InChI is InChI=1S/C24H24N4O6/c1-28-21(12-19(27-28)22(30)25-11-10-20(29)23(31)32)26-24(33)34-13-18-16-8-4-2-6-14(16)15-7-3-5-9-17(15)18/h2-9,12,18,20,29H,10-11,13H2,1H3,(H,25,30)(H,26,33)(H,31,32)/t20-/m0/s1. The Morgan fingerprint density at radius 2 is 1.71 bits per heavy atom. The number of nitrogens with zero attached hydrogens (tertiary/aromatic N) is 2. The fourth-order valence-electron chi connectivity index (χ4n) is 3.97. The molecule has 2 aromatic carbocycles. The lowest BCUT2D eigenvalue weighted by Crippen LogP contribution is -2.30. The summed E-state index contributed by atoms with van der Waals surface area (Å²) in [4.78, 5) is 35.3. The minimum absolute atomic E-state index is 0.0289. The largest absolute Gasteiger partial charge is 0.479 e. The van der Waals surface area contributed by atoms with Crippen LogP contribution in [0.4, 0.5) is 10.6 Å². The van der Waals surface area contributed by atoms with E-state index in [9.17, 15) is 19.5 Å². The van der Waals surface area contributed by atoms with E-state index in [0.717, 1.165) is 22.3 Å². The van der Waals surface area contributed by atoms with Gasteiger partial charge < -0.3 is 20.3 Å². The van der Waals surface area contributed by atoms with Gasteiger partial charge >= 0.3 is 12.1 Å². The molecule has 2 amide bonds. The maximum Gasteiger partial charge on any atom is 0.412 e. The third kappa shape index (κ3) is 4.76. The highest BCUT2D eigenvalue weighted by Gasteiger charge is 2.29. The van der Waals surface area contributed by atoms with Crippen molar-refractivity contribution in [1.82, 2.24) is 15.1 Å². The van der Waals surface area contributed by atoms with Crippen molar-refractivity contribution in [2.45, 2.75) is 18.4 Å². The number of carboxylic acid groups (broad SMARTS) is 1. The first-order valence-electron chi connectivity index (χ1n) is 10.7. The van der Waals surface area contributed by atoms with E-state index >= 15 is 0 Å². The molecule has 10 heteroatoms. The summed E-state index contributed by atoms with van der Waals surface area (Å²) in [6.45, 7) is 0.106. The molecule has 0 radical (unpaired) electrons. The number of aromatic nitrogens is 2. The van der Waals surface area contributed by atoms with Gasteiger partial charge in [0.05, 0.1) is 0 Å². The van der Waals surface area contributed by atoms with Crippen molar-refractivity contribution >= 4 is 23.8 Å². The number of carbonyl (C=O) groups excluding carboxylic acids is 2. The molecular formula is C24H24N4O6. The van der Waals surface area contributed by atoms with Gasteiger partial charge in [0, 0.05) is 32.0 Å². The molecule has 3 aromatic rings. The number of aryl methyl sites for hydroxylation is 1. The zero-order valence-electron chi connectivity index (χ0n) is 18.4. The Balaban J connectivity index is 1.35. The molecule has 4 rings (SSSR count). The molecule has 0 spiro atoms. The summed E-state index contributed by atoms with van der Waals surface area (Å²) in [6.07, 6.45) is -2.38. The van der Waals surface area contributed by atoms with Crippen LogP contribution in [0.1, 0.15) is 34.0 Å².